The number of nitrogens with zero attached hydrogens (tertiary/aromatic N) is 3. The zero-order chi connectivity index (χ0) is 17.2. The van der Waals surface area contributed by atoms with Crippen LogP contribution in [-0.4, -0.2) is 48.0 Å². The van der Waals surface area contributed by atoms with Crippen molar-refractivity contribution in [1.29, 1.82) is 0 Å². The van der Waals surface area contributed by atoms with Crippen LogP contribution < -0.4 is 10.2 Å². The van der Waals surface area contributed by atoms with E-state index < -0.39 is 0 Å². The van der Waals surface area contributed by atoms with Crippen molar-refractivity contribution in [2.75, 3.05) is 36.4 Å². The number of pyridine rings is 1. The minimum Gasteiger partial charge on any atom is -0.381 e. The summed E-state index contributed by atoms with van der Waals surface area (Å²) < 4.78 is 13.9. The van der Waals surface area contributed by atoms with E-state index in [-0.39, 0.29) is 11.7 Å². The molecule has 1 saturated carbocycles. The van der Waals surface area contributed by atoms with Crippen LogP contribution in [0.25, 0.3) is 0 Å². The number of halogens is 1. The molecule has 130 valence electrons. The summed E-state index contributed by atoms with van der Waals surface area (Å²) in [6, 6.07) is 9.17. The number of aromatic nitrogens is 1. The third-order valence-electron chi connectivity index (χ3n) is 4.69. The second-order valence-corrected chi connectivity index (χ2v) is 6.61. The fourth-order valence-electron chi connectivity index (χ4n) is 3.14. The van der Waals surface area contributed by atoms with Crippen LogP contribution in [0.1, 0.15) is 23.2 Å². The van der Waals surface area contributed by atoms with Gasteiger partial charge >= 0.3 is 0 Å². The summed E-state index contributed by atoms with van der Waals surface area (Å²) >= 11 is 0. The molecule has 2 aliphatic rings. The number of anilines is 2. The zero-order valence-electron chi connectivity index (χ0n) is 14.0. The lowest BCUT2D eigenvalue weighted by Crippen LogP contribution is -2.49. The lowest BCUT2D eigenvalue weighted by molar-refractivity contribution is 0.0746. The fraction of sp³-hybridized carbons (Fsp3) is 0.368. The fourth-order valence-corrected chi connectivity index (χ4v) is 3.14. The molecule has 0 spiro atoms. The Bertz CT molecular complexity index is 770. The molecule has 1 aliphatic carbocycles. The lowest BCUT2D eigenvalue weighted by atomic mass is 10.2. The minimum atomic E-state index is -0.217. The second-order valence-electron chi connectivity index (χ2n) is 6.61. The Morgan fingerprint density at radius 2 is 1.88 bits per heavy atom. The summed E-state index contributed by atoms with van der Waals surface area (Å²) in [5.41, 5.74) is 2.11. The molecule has 1 N–H and O–H groups in total. The van der Waals surface area contributed by atoms with Crippen LogP contribution in [-0.2, 0) is 0 Å². The van der Waals surface area contributed by atoms with Gasteiger partial charge in [-0.3, -0.25) is 9.78 Å². The number of piperazine rings is 1. The number of carbonyl (C=O) groups is 1. The summed E-state index contributed by atoms with van der Waals surface area (Å²) in [7, 11) is 0. The average molecular weight is 340 g/mol. The number of carbonyl (C=O) groups excluding carboxylic acids is 1. The van der Waals surface area contributed by atoms with Crippen molar-refractivity contribution >= 4 is 17.3 Å². The van der Waals surface area contributed by atoms with E-state index in [1.54, 1.807) is 24.5 Å². The monoisotopic (exact) mass is 340 g/mol. The van der Waals surface area contributed by atoms with Crippen LogP contribution >= 0.6 is 0 Å². The first-order valence-electron chi connectivity index (χ1n) is 8.71. The molecular weight excluding hydrogens is 319 g/mol. The van der Waals surface area contributed by atoms with Gasteiger partial charge in [-0.2, -0.15) is 0 Å². The van der Waals surface area contributed by atoms with Gasteiger partial charge in [0.05, 0.1) is 16.9 Å². The molecule has 25 heavy (non-hydrogen) atoms. The predicted octanol–water partition coefficient (Wildman–Crippen LogP) is 2.76. The lowest BCUT2D eigenvalue weighted by Gasteiger charge is -2.36. The Morgan fingerprint density at radius 1 is 1.12 bits per heavy atom. The normalized spacial score (nSPS) is 17.5. The maximum Gasteiger partial charge on any atom is 0.255 e. The first kappa shape index (κ1) is 15.9. The maximum absolute atomic E-state index is 13.9. The van der Waals surface area contributed by atoms with E-state index in [4.69, 9.17) is 0 Å². The van der Waals surface area contributed by atoms with Crippen LogP contribution in [0, 0.1) is 5.82 Å². The quantitative estimate of drug-likeness (QED) is 0.930. The van der Waals surface area contributed by atoms with Gasteiger partial charge in [0.2, 0.25) is 0 Å². The van der Waals surface area contributed by atoms with E-state index in [0.29, 0.717) is 43.5 Å². The first-order valence-corrected chi connectivity index (χ1v) is 8.71. The number of hydrogen-bond acceptors (Lipinski definition) is 4. The van der Waals surface area contributed by atoms with Crippen LogP contribution in [0.5, 0.6) is 0 Å². The number of nitrogens with one attached hydrogen (secondary N) is 1. The van der Waals surface area contributed by atoms with Gasteiger partial charge in [0.1, 0.15) is 5.82 Å². The highest BCUT2D eigenvalue weighted by Crippen LogP contribution is 2.25. The van der Waals surface area contributed by atoms with E-state index in [2.05, 4.69) is 10.3 Å². The van der Waals surface area contributed by atoms with Gasteiger partial charge in [-0.25, -0.2) is 4.39 Å². The van der Waals surface area contributed by atoms with Crippen molar-refractivity contribution in [3.63, 3.8) is 0 Å². The Balaban J connectivity index is 1.40. The molecule has 2 fully saturated rings. The van der Waals surface area contributed by atoms with E-state index in [0.717, 1.165) is 5.69 Å². The molecule has 0 unspecified atom stereocenters. The largest absolute Gasteiger partial charge is 0.381 e. The first-order chi connectivity index (χ1) is 12.2. The van der Waals surface area contributed by atoms with Crippen LogP contribution in [0.4, 0.5) is 15.8 Å². The van der Waals surface area contributed by atoms with Gasteiger partial charge in [0.25, 0.3) is 5.91 Å². The van der Waals surface area contributed by atoms with Gasteiger partial charge < -0.3 is 15.1 Å². The molecule has 1 aliphatic heterocycles. The zero-order valence-corrected chi connectivity index (χ0v) is 14.0. The summed E-state index contributed by atoms with van der Waals surface area (Å²) in [6.45, 7) is 2.40. The number of amides is 1. The molecule has 5 nitrogen and oxygen atoms in total. The van der Waals surface area contributed by atoms with Gasteiger partial charge in [-0.1, -0.05) is 12.1 Å². The van der Waals surface area contributed by atoms with Crippen molar-refractivity contribution in [3.05, 3.63) is 54.1 Å². The van der Waals surface area contributed by atoms with Crippen molar-refractivity contribution in [2.45, 2.75) is 18.9 Å². The number of para-hydroxylation sites is 1. The molecule has 6 heteroatoms. The van der Waals surface area contributed by atoms with Gasteiger partial charge in [0, 0.05) is 44.6 Å². The van der Waals surface area contributed by atoms with E-state index in [1.807, 2.05) is 21.9 Å². The number of hydrogen-bond donors (Lipinski definition) is 1. The topological polar surface area (TPSA) is 48.5 Å². The highest BCUT2D eigenvalue weighted by Gasteiger charge is 2.25. The van der Waals surface area contributed by atoms with Gasteiger partial charge in [-0.05, 0) is 31.0 Å². The molecule has 2 heterocycles. The molecule has 1 aromatic heterocycles. The van der Waals surface area contributed by atoms with Crippen LogP contribution in [0.15, 0.2) is 42.7 Å². The van der Waals surface area contributed by atoms with Gasteiger partial charge in [-0.15, -0.1) is 0 Å². The van der Waals surface area contributed by atoms with E-state index in [9.17, 15) is 9.18 Å². The summed E-state index contributed by atoms with van der Waals surface area (Å²) in [5.74, 6) is -0.231. The molecule has 0 bridgehead atoms. The standard InChI is InChI=1S/C19H21FN4O/c20-17-3-1-2-4-18(17)23-7-9-24(10-8-23)19(25)14-11-16(13-21-12-14)22-15-5-6-15/h1-4,11-13,15,22H,5-10H2. The minimum absolute atomic E-state index is 0.0138. The Labute approximate surface area is 146 Å². The van der Waals surface area contributed by atoms with Crippen molar-refractivity contribution in [2.24, 2.45) is 0 Å². The number of benzene rings is 1. The Kier molecular flexibility index (Phi) is 4.26. The summed E-state index contributed by atoms with van der Waals surface area (Å²) in [6.07, 6.45) is 5.72. The Hall–Kier alpha value is -2.63. The molecule has 0 radical (unpaired) electrons. The van der Waals surface area contributed by atoms with Crippen molar-refractivity contribution in [1.82, 2.24) is 9.88 Å². The third-order valence-corrected chi connectivity index (χ3v) is 4.69. The number of rotatable bonds is 4. The van der Waals surface area contributed by atoms with Crippen molar-refractivity contribution in [3.8, 4) is 0 Å². The maximum atomic E-state index is 13.9. The van der Waals surface area contributed by atoms with E-state index in [1.165, 1.54) is 18.9 Å². The Morgan fingerprint density at radius 3 is 2.60 bits per heavy atom. The highest BCUT2D eigenvalue weighted by molar-refractivity contribution is 5.95. The molecule has 1 amide bonds. The second kappa shape index (κ2) is 6.70. The molecule has 1 aromatic carbocycles. The summed E-state index contributed by atoms with van der Waals surface area (Å²) in [4.78, 5) is 20.7. The molecule has 0 atom stereocenters. The smallest absolute Gasteiger partial charge is 0.255 e. The third kappa shape index (κ3) is 3.57. The van der Waals surface area contributed by atoms with Crippen molar-refractivity contribution < 1.29 is 9.18 Å². The molecular formula is C19H21FN4O. The molecule has 1 saturated heterocycles. The highest BCUT2D eigenvalue weighted by atomic mass is 19.1. The summed E-state index contributed by atoms with van der Waals surface area (Å²) in [5, 5.41) is 3.37. The van der Waals surface area contributed by atoms with Gasteiger partial charge in [0.15, 0.2) is 0 Å². The van der Waals surface area contributed by atoms with E-state index >= 15 is 0 Å². The SMILES string of the molecule is O=C(c1cncc(NC2CC2)c1)N1CCN(c2ccccc2F)CC1. The predicted molar refractivity (Wildman–Crippen MR) is 95.4 cm³/mol. The molecule has 2 aromatic rings. The van der Waals surface area contributed by atoms with Crippen LogP contribution in [0.3, 0.4) is 0 Å². The molecule has 4 rings (SSSR count). The van der Waals surface area contributed by atoms with Crippen LogP contribution in [0.2, 0.25) is 0 Å². The average Bonchev–Trinajstić information content (AvgIpc) is 3.46.